The number of rotatable bonds is 4. The van der Waals surface area contributed by atoms with Crippen molar-refractivity contribution in [2.75, 3.05) is 26.7 Å². The Labute approximate surface area is 159 Å². The second kappa shape index (κ2) is 7.44. The monoisotopic (exact) mass is 369 g/mol. The van der Waals surface area contributed by atoms with Crippen LogP contribution in [0.4, 0.5) is 0 Å². The molecular weight excluding hydrogens is 342 g/mol. The largest absolute Gasteiger partial charge is 0.445 e. The highest BCUT2D eigenvalue weighted by Gasteiger charge is 2.42. The molecule has 0 bridgehead atoms. The van der Waals surface area contributed by atoms with E-state index >= 15 is 0 Å². The lowest BCUT2D eigenvalue weighted by Gasteiger charge is -2.39. The van der Waals surface area contributed by atoms with Crippen LogP contribution in [0.1, 0.15) is 35.7 Å². The van der Waals surface area contributed by atoms with E-state index in [0.717, 1.165) is 43.3 Å². The zero-order valence-electron chi connectivity index (χ0n) is 15.9. The number of hydrogen-bond acceptors (Lipinski definition) is 5. The Morgan fingerprint density at radius 3 is 2.67 bits per heavy atom. The van der Waals surface area contributed by atoms with Gasteiger partial charge in [-0.25, -0.2) is 4.98 Å². The average molecular weight is 369 g/mol. The van der Waals surface area contributed by atoms with E-state index in [1.165, 1.54) is 5.56 Å². The Balaban J connectivity index is 1.39. The number of carbonyl (C=O) groups excluding carboxylic acids is 1. The van der Waals surface area contributed by atoms with E-state index in [-0.39, 0.29) is 5.91 Å². The van der Waals surface area contributed by atoms with E-state index in [1.54, 1.807) is 4.90 Å². The fraction of sp³-hybridized carbons (Fsp3) is 0.524. The zero-order chi connectivity index (χ0) is 18.9. The highest BCUT2D eigenvalue weighted by molar-refractivity contribution is 5.85. The number of aryl methyl sites for hydroxylation is 2. The Kier molecular flexibility index (Phi) is 5.02. The van der Waals surface area contributed by atoms with Gasteiger partial charge in [0.1, 0.15) is 17.1 Å². The summed E-state index contributed by atoms with van der Waals surface area (Å²) < 4.78 is 5.92. The first kappa shape index (κ1) is 18.2. The van der Waals surface area contributed by atoms with E-state index in [2.05, 4.69) is 22.0 Å². The van der Waals surface area contributed by atoms with Gasteiger partial charge in [-0.15, -0.1) is 0 Å². The second-order valence-corrected chi connectivity index (χ2v) is 7.77. The maximum absolute atomic E-state index is 12.9. The lowest BCUT2D eigenvalue weighted by molar-refractivity contribution is -0.157. The van der Waals surface area contributed by atoms with Crippen molar-refractivity contribution in [1.29, 1.82) is 0 Å². The summed E-state index contributed by atoms with van der Waals surface area (Å²) in [7, 11) is 2.02. The molecule has 1 fully saturated rings. The minimum atomic E-state index is -1.23. The highest BCUT2D eigenvalue weighted by atomic mass is 16.4. The van der Waals surface area contributed by atoms with E-state index in [9.17, 15) is 9.90 Å². The summed E-state index contributed by atoms with van der Waals surface area (Å²) in [4.78, 5) is 21.4. The molecule has 0 atom stereocenters. The normalized spacial score (nSPS) is 19.7. The molecule has 1 N–H and O–H groups in total. The number of aromatic nitrogens is 1. The Hall–Kier alpha value is -2.18. The molecule has 4 rings (SSSR count). The predicted octanol–water partition coefficient (Wildman–Crippen LogP) is 1.80. The second-order valence-electron chi connectivity index (χ2n) is 7.77. The molecule has 1 aromatic carbocycles. The maximum Gasteiger partial charge on any atom is 0.255 e. The summed E-state index contributed by atoms with van der Waals surface area (Å²) in [6, 6.07) is 10.3. The zero-order valence-corrected chi connectivity index (χ0v) is 15.9. The van der Waals surface area contributed by atoms with E-state index in [1.807, 2.05) is 25.2 Å². The van der Waals surface area contributed by atoms with Gasteiger partial charge in [-0.1, -0.05) is 30.3 Å². The Morgan fingerprint density at radius 2 is 1.93 bits per heavy atom. The number of aliphatic hydroxyl groups is 1. The number of carbonyl (C=O) groups is 1. The van der Waals surface area contributed by atoms with Crippen molar-refractivity contribution in [2.45, 2.75) is 44.2 Å². The summed E-state index contributed by atoms with van der Waals surface area (Å²) in [6.07, 6.45) is 3.28. The molecule has 1 amide bonds. The molecule has 3 heterocycles. The van der Waals surface area contributed by atoms with Crippen LogP contribution in [0.5, 0.6) is 0 Å². The summed E-state index contributed by atoms with van der Waals surface area (Å²) >= 11 is 0. The molecule has 0 radical (unpaired) electrons. The molecular formula is C21H27N3O3. The number of amides is 1. The number of nitrogens with zero attached hydrogens (tertiary/aromatic N) is 3. The number of oxazole rings is 1. The van der Waals surface area contributed by atoms with Crippen LogP contribution in [0.2, 0.25) is 0 Å². The van der Waals surface area contributed by atoms with Gasteiger partial charge in [-0.05, 0) is 31.9 Å². The van der Waals surface area contributed by atoms with E-state index in [4.69, 9.17) is 4.42 Å². The molecule has 0 unspecified atom stereocenters. The van der Waals surface area contributed by atoms with Gasteiger partial charge in [0.25, 0.3) is 5.91 Å². The molecule has 2 aromatic rings. The van der Waals surface area contributed by atoms with Gasteiger partial charge in [0.2, 0.25) is 0 Å². The summed E-state index contributed by atoms with van der Waals surface area (Å²) in [5.74, 6) is 1.46. The van der Waals surface area contributed by atoms with Crippen molar-refractivity contribution < 1.29 is 14.3 Å². The van der Waals surface area contributed by atoms with Crippen molar-refractivity contribution in [3.05, 3.63) is 53.2 Å². The molecule has 27 heavy (non-hydrogen) atoms. The molecule has 0 aliphatic carbocycles. The number of benzene rings is 1. The molecule has 6 nitrogen and oxygen atoms in total. The van der Waals surface area contributed by atoms with Gasteiger partial charge in [0.15, 0.2) is 5.89 Å². The first-order valence-electron chi connectivity index (χ1n) is 9.75. The molecule has 1 aromatic heterocycles. The lowest BCUT2D eigenvalue weighted by atomic mass is 9.89. The molecule has 0 saturated carbocycles. The molecule has 2 aliphatic rings. The lowest BCUT2D eigenvalue weighted by Crippen LogP contribution is -2.55. The van der Waals surface area contributed by atoms with Gasteiger partial charge in [-0.2, -0.15) is 0 Å². The van der Waals surface area contributed by atoms with Crippen LogP contribution in [0.15, 0.2) is 34.7 Å². The summed E-state index contributed by atoms with van der Waals surface area (Å²) in [5.41, 5.74) is 0.869. The fourth-order valence-corrected chi connectivity index (χ4v) is 3.92. The highest BCUT2D eigenvalue weighted by Crippen LogP contribution is 2.28. The fourth-order valence-electron chi connectivity index (χ4n) is 3.92. The Morgan fingerprint density at radius 1 is 1.19 bits per heavy atom. The van der Waals surface area contributed by atoms with Gasteiger partial charge >= 0.3 is 0 Å². The van der Waals surface area contributed by atoms with Gasteiger partial charge < -0.3 is 19.3 Å². The molecule has 2 aliphatic heterocycles. The minimum absolute atomic E-state index is 0.157. The van der Waals surface area contributed by atoms with E-state index < -0.39 is 5.60 Å². The molecule has 0 spiro atoms. The molecule has 6 heteroatoms. The number of piperidine rings is 1. The topological polar surface area (TPSA) is 69.8 Å². The van der Waals surface area contributed by atoms with Crippen molar-refractivity contribution in [3.63, 3.8) is 0 Å². The van der Waals surface area contributed by atoms with Crippen LogP contribution in [0.3, 0.4) is 0 Å². The third-order valence-electron chi connectivity index (χ3n) is 5.74. The molecule has 144 valence electrons. The van der Waals surface area contributed by atoms with Crippen LogP contribution >= 0.6 is 0 Å². The SMILES string of the molecule is CN1CCC(O)(C(=O)N2CCc3oc(CCc4ccccc4)nc3C2)CC1. The summed E-state index contributed by atoms with van der Waals surface area (Å²) in [6.45, 7) is 2.50. The summed E-state index contributed by atoms with van der Waals surface area (Å²) in [5, 5.41) is 10.8. The Bertz CT molecular complexity index is 794. The van der Waals surface area contributed by atoms with Crippen molar-refractivity contribution in [1.82, 2.24) is 14.8 Å². The van der Waals surface area contributed by atoms with Crippen LogP contribution < -0.4 is 0 Å². The van der Waals surface area contributed by atoms with E-state index in [0.29, 0.717) is 32.4 Å². The predicted molar refractivity (Wildman–Crippen MR) is 101 cm³/mol. The van der Waals surface area contributed by atoms with Crippen molar-refractivity contribution in [3.8, 4) is 0 Å². The minimum Gasteiger partial charge on any atom is -0.445 e. The quantitative estimate of drug-likeness (QED) is 0.890. The van der Waals surface area contributed by atoms with Crippen LogP contribution in [-0.2, 0) is 30.6 Å². The maximum atomic E-state index is 12.9. The van der Waals surface area contributed by atoms with Crippen molar-refractivity contribution >= 4 is 5.91 Å². The van der Waals surface area contributed by atoms with Gasteiger partial charge in [-0.3, -0.25) is 4.79 Å². The third kappa shape index (κ3) is 3.92. The average Bonchev–Trinajstić information content (AvgIpc) is 3.11. The smallest absolute Gasteiger partial charge is 0.255 e. The van der Waals surface area contributed by atoms with Gasteiger partial charge in [0.05, 0.1) is 6.54 Å². The first-order chi connectivity index (χ1) is 13.0. The first-order valence-corrected chi connectivity index (χ1v) is 9.75. The number of fused-ring (bicyclic) bond motifs is 1. The third-order valence-corrected chi connectivity index (χ3v) is 5.74. The van der Waals surface area contributed by atoms with Crippen LogP contribution in [-0.4, -0.2) is 58.1 Å². The molecule has 1 saturated heterocycles. The van der Waals surface area contributed by atoms with Crippen molar-refractivity contribution in [2.24, 2.45) is 0 Å². The number of likely N-dealkylation sites (tertiary alicyclic amines) is 1. The van der Waals surface area contributed by atoms with Crippen LogP contribution in [0.25, 0.3) is 0 Å². The van der Waals surface area contributed by atoms with Crippen LogP contribution in [0, 0.1) is 0 Å². The number of hydrogen-bond donors (Lipinski definition) is 1. The standard InChI is InChI=1S/C21H27N3O3/c1-23-13-10-21(26,11-14-23)20(25)24-12-9-18-17(15-24)22-19(27-18)8-7-16-5-3-2-4-6-16/h2-6,26H,7-15H2,1H3. The van der Waals surface area contributed by atoms with Gasteiger partial charge in [0, 0.05) is 32.5 Å².